The van der Waals surface area contributed by atoms with Crippen molar-refractivity contribution in [2.75, 3.05) is 19.7 Å². The zero-order valence-electron chi connectivity index (χ0n) is 6.93. The Bertz CT molecular complexity index is 130. The number of hydrogen-bond acceptors (Lipinski definition) is 3. The lowest BCUT2D eigenvalue weighted by molar-refractivity contribution is -0.147. The van der Waals surface area contributed by atoms with E-state index >= 15 is 0 Å². The smallest absolute Gasteiger partial charge is 0.310 e. The Kier molecular flexibility index (Phi) is 3.36. The first-order valence-electron chi connectivity index (χ1n) is 4.22. The largest absolute Gasteiger partial charge is 0.465 e. The topological polar surface area (TPSA) is 38.3 Å². The summed E-state index contributed by atoms with van der Waals surface area (Å²) in [5, 5.41) is 3.13. The summed E-state index contributed by atoms with van der Waals surface area (Å²) in [4.78, 5) is 11.1. The average molecular weight is 157 g/mol. The molecule has 3 heteroatoms. The molecule has 0 saturated carbocycles. The number of rotatable bonds is 3. The highest BCUT2D eigenvalue weighted by molar-refractivity contribution is 5.73. The fraction of sp³-hybridized carbons (Fsp3) is 0.875. The van der Waals surface area contributed by atoms with Gasteiger partial charge in [-0.05, 0) is 19.4 Å². The number of carbonyl (C=O) groups excluding carboxylic acids is 1. The van der Waals surface area contributed by atoms with Gasteiger partial charge in [0, 0.05) is 6.54 Å². The van der Waals surface area contributed by atoms with E-state index in [1.165, 1.54) is 0 Å². The van der Waals surface area contributed by atoms with E-state index in [0.29, 0.717) is 6.61 Å². The Hall–Kier alpha value is -0.570. The van der Waals surface area contributed by atoms with Gasteiger partial charge in [-0.15, -0.1) is 0 Å². The standard InChI is InChI=1S/C8H15NO2/c1-2-5-11-8(10)7-3-4-9-6-7/h7,9H,2-6H2,1H3. The van der Waals surface area contributed by atoms with Crippen LogP contribution in [-0.4, -0.2) is 25.7 Å². The molecule has 0 radical (unpaired) electrons. The fourth-order valence-electron chi connectivity index (χ4n) is 1.18. The average Bonchev–Trinajstić information content (AvgIpc) is 2.52. The molecule has 11 heavy (non-hydrogen) atoms. The molecule has 0 amide bonds. The third-order valence-corrected chi connectivity index (χ3v) is 1.84. The van der Waals surface area contributed by atoms with Crippen molar-refractivity contribution < 1.29 is 9.53 Å². The van der Waals surface area contributed by atoms with Gasteiger partial charge in [-0.2, -0.15) is 0 Å². The quantitative estimate of drug-likeness (QED) is 0.608. The van der Waals surface area contributed by atoms with E-state index in [1.807, 2.05) is 6.92 Å². The molecule has 64 valence electrons. The summed E-state index contributed by atoms with van der Waals surface area (Å²) in [5.41, 5.74) is 0. The maximum absolute atomic E-state index is 11.1. The van der Waals surface area contributed by atoms with Crippen molar-refractivity contribution in [3.63, 3.8) is 0 Å². The molecular weight excluding hydrogens is 142 g/mol. The predicted molar refractivity (Wildman–Crippen MR) is 42.2 cm³/mol. The second-order valence-corrected chi connectivity index (χ2v) is 2.86. The van der Waals surface area contributed by atoms with Crippen LogP contribution in [-0.2, 0) is 9.53 Å². The van der Waals surface area contributed by atoms with Crippen LogP contribution >= 0.6 is 0 Å². The molecule has 1 fully saturated rings. The summed E-state index contributed by atoms with van der Waals surface area (Å²) in [6.07, 6.45) is 1.84. The lowest BCUT2D eigenvalue weighted by Crippen LogP contribution is -2.20. The van der Waals surface area contributed by atoms with Crippen molar-refractivity contribution >= 4 is 5.97 Å². The minimum atomic E-state index is -0.0307. The van der Waals surface area contributed by atoms with E-state index in [1.54, 1.807) is 0 Å². The number of ether oxygens (including phenoxy) is 1. The van der Waals surface area contributed by atoms with Crippen LogP contribution in [0.5, 0.6) is 0 Å². The van der Waals surface area contributed by atoms with Crippen molar-refractivity contribution in [1.82, 2.24) is 5.32 Å². The molecule has 1 rings (SSSR count). The van der Waals surface area contributed by atoms with Gasteiger partial charge in [0.15, 0.2) is 0 Å². The molecule has 1 heterocycles. The Morgan fingerprint density at radius 3 is 3.09 bits per heavy atom. The highest BCUT2D eigenvalue weighted by Crippen LogP contribution is 2.09. The van der Waals surface area contributed by atoms with E-state index < -0.39 is 0 Å². The molecule has 0 spiro atoms. The van der Waals surface area contributed by atoms with Gasteiger partial charge >= 0.3 is 5.97 Å². The summed E-state index contributed by atoms with van der Waals surface area (Å²) >= 11 is 0. The number of carbonyl (C=O) groups is 1. The van der Waals surface area contributed by atoms with Crippen LogP contribution in [0.4, 0.5) is 0 Å². The van der Waals surface area contributed by atoms with E-state index in [9.17, 15) is 4.79 Å². The molecule has 1 saturated heterocycles. The maximum Gasteiger partial charge on any atom is 0.310 e. The van der Waals surface area contributed by atoms with E-state index in [2.05, 4.69) is 5.32 Å². The SMILES string of the molecule is CCCOC(=O)C1CCNC1. The van der Waals surface area contributed by atoms with Gasteiger partial charge in [0.2, 0.25) is 0 Å². The molecule has 0 bridgehead atoms. The molecule has 0 aromatic heterocycles. The minimum Gasteiger partial charge on any atom is -0.465 e. The first-order chi connectivity index (χ1) is 5.34. The molecular formula is C8H15NO2. The van der Waals surface area contributed by atoms with Crippen LogP contribution in [0.25, 0.3) is 0 Å². The van der Waals surface area contributed by atoms with Crippen molar-refractivity contribution in [3.05, 3.63) is 0 Å². The fourth-order valence-corrected chi connectivity index (χ4v) is 1.18. The summed E-state index contributed by atoms with van der Waals surface area (Å²) < 4.78 is 5.00. The van der Waals surface area contributed by atoms with E-state index in [0.717, 1.165) is 25.9 Å². The molecule has 3 nitrogen and oxygen atoms in total. The molecule has 1 aliphatic rings. The Balaban J connectivity index is 2.17. The molecule has 1 atom stereocenters. The summed E-state index contributed by atoms with van der Waals surface area (Å²) in [6, 6.07) is 0. The van der Waals surface area contributed by atoms with Crippen LogP contribution in [0.3, 0.4) is 0 Å². The Morgan fingerprint density at radius 2 is 2.55 bits per heavy atom. The van der Waals surface area contributed by atoms with Crippen molar-refractivity contribution in [3.8, 4) is 0 Å². The van der Waals surface area contributed by atoms with Crippen LogP contribution in [0.1, 0.15) is 19.8 Å². The van der Waals surface area contributed by atoms with Crippen molar-refractivity contribution in [1.29, 1.82) is 0 Å². The molecule has 0 aliphatic carbocycles. The summed E-state index contributed by atoms with van der Waals surface area (Å²) in [6.45, 7) is 4.31. The third-order valence-electron chi connectivity index (χ3n) is 1.84. The van der Waals surface area contributed by atoms with Gasteiger partial charge < -0.3 is 10.1 Å². The van der Waals surface area contributed by atoms with Gasteiger partial charge in [0.1, 0.15) is 0 Å². The first-order valence-corrected chi connectivity index (χ1v) is 4.22. The third kappa shape index (κ3) is 2.50. The first kappa shape index (κ1) is 8.53. The monoisotopic (exact) mass is 157 g/mol. The number of hydrogen-bond donors (Lipinski definition) is 1. The predicted octanol–water partition coefficient (Wildman–Crippen LogP) is 0.549. The molecule has 1 N–H and O–H groups in total. The Morgan fingerprint density at radius 1 is 1.73 bits per heavy atom. The normalized spacial score (nSPS) is 23.5. The highest BCUT2D eigenvalue weighted by atomic mass is 16.5. The van der Waals surface area contributed by atoms with Crippen molar-refractivity contribution in [2.45, 2.75) is 19.8 Å². The number of esters is 1. The molecule has 0 aromatic carbocycles. The second kappa shape index (κ2) is 4.34. The van der Waals surface area contributed by atoms with Crippen LogP contribution in [0.15, 0.2) is 0 Å². The second-order valence-electron chi connectivity index (χ2n) is 2.86. The lowest BCUT2D eigenvalue weighted by atomic mass is 10.1. The highest BCUT2D eigenvalue weighted by Gasteiger charge is 2.23. The van der Waals surface area contributed by atoms with Crippen LogP contribution in [0.2, 0.25) is 0 Å². The molecule has 1 aliphatic heterocycles. The van der Waals surface area contributed by atoms with Gasteiger partial charge in [0.05, 0.1) is 12.5 Å². The molecule has 1 unspecified atom stereocenters. The Labute approximate surface area is 67.1 Å². The lowest BCUT2D eigenvalue weighted by Gasteiger charge is -2.07. The summed E-state index contributed by atoms with van der Waals surface area (Å²) in [5.74, 6) is 0.0819. The zero-order chi connectivity index (χ0) is 8.10. The van der Waals surface area contributed by atoms with Gasteiger partial charge in [0.25, 0.3) is 0 Å². The molecule has 0 aromatic rings. The van der Waals surface area contributed by atoms with Gasteiger partial charge in [-0.25, -0.2) is 0 Å². The maximum atomic E-state index is 11.1. The van der Waals surface area contributed by atoms with Crippen molar-refractivity contribution in [2.24, 2.45) is 5.92 Å². The van der Waals surface area contributed by atoms with Gasteiger partial charge in [-0.1, -0.05) is 6.92 Å². The minimum absolute atomic E-state index is 0.0307. The number of nitrogens with one attached hydrogen (secondary N) is 1. The van der Waals surface area contributed by atoms with E-state index in [4.69, 9.17) is 4.74 Å². The van der Waals surface area contributed by atoms with E-state index in [-0.39, 0.29) is 11.9 Å². The summed E-state index contributed by atoms with van der Waals surface area (Å²) in [7, 11) is 0. The van der Waals surface area contributed by atoms with Crippen LogP contribution < -0.4 is 5.32 Å². The zero-order valence-corrected chi connectivity index (χ0v) is 6.93. The van der Waals surface area contributed by atoms with Crippen LogP contribution in [0, 0.1) is 5.92 Å². The van der Waals surface area contributed by atoms with Gasteiger partial charge in [-0.3, -0.25) is 4.79 Å².